The van der Waals surface area contributed by atoms with Crippen LogP contribution in [0.3, 0.4) is 0 Å². The minimum Gasteiger partial charge on any atom is -0.265 e. The van der Waals surface area contributed by atoms with E-state index in [9.17, 15) is 18.5 Å². The number of nitrogens with zero attached hydrogens (tertiary/aromatic N) is 3. The molecule has 8 nitrogen and oxygen atoms in total. The van der Waals surface area contributed by atoms with Gasteiger partial charge in [-0.05, 0) is 39.7 Å². The van der Waals surface area contributed by atoms with Gasteiger partial charge in [0.15, 0.2) is 10.7 Å². The maximum Gasteiger partial charge on any atom is 0.289 e. The highest BCUT2D eigenvalue weighted by Gasteiger charge is 2.26. The molecule has 0 saturated heterocycles. The Labute approximate surface area is 178 Å². The van der Waals surface area contributed by atoms with Crippen LogP contribution in [0.15, 0.2) is 58.0 Å². The summed E-state index contributed by atoms with van der Waals surface area (Å²) >= 11 is 15.3. The van der Waals surface area contributed by atoms with E-state index in [1.807, 2.05) is 0 Å². The molecule has 0 saturated carbocycles. The number of sulfonamides is 1. The number of nitrogens with one attached hydrogen (secondary N) is 1. The monoisotopic (exact) mass is 504 g/mol. The van der Waals surface area contributed by atoms with E-state index < -0.39 is 25.5 Å². The SMILES string of the molecule is O=[N+]([O-])c1ccccc1S(=O)(=O)Nc1nn(Cc2ccc(Cl)cc2Cl)cc1Br. The fourth-order valence-electron chi connectivity index (χ4n) is 2.39. The lowest BCUT2D eigenvalue weighted by atomic mass is 10.2. The molecule has 0 aliphatic heterocycles. The summed E-state index contributed by atoms with van der Waals surface area (Å²) < 4.78 is 29.3. The topological polar surface area (TPSA) is 107 Å². The number of rotatable bonds is 6. The highest BCUT2D eigenvalue weighted by Crippen LogP contribution is 2.29. The van der Waals surface area contributed by atoms with Crippen LogP contribution in [0.2, 0.25) is 10.0 Å². The van der Waals surface area contributed by atoms with E-state index in [-0.39, 0.29) is 12.4 Å². The highest BCUT2D eigenvalue weighted by atomic mass is 79.9. The summed E-state index contributed by atoms with van der Waals surface area (Å²) in [4.78, 5) is 9.90. The third-order valence-electron chi connectivity index (χ3n) is 3.65. The molecule has 1 N–H and O–H groups in total. The van der Waals surface area contributed by atoms with Crippen LogP contribution >= 0.6 is 39.1 Å². The third-order valence-corrected chi connectivity index (χ3v) is 6.20. The molecule has 0 aliphatic carbocycles. The number of nitro benzene ring substituents is 1. The lowest BCUT2D eigenvalue weighted by Crippen LogP contribution is -2.15. The molecule has 28 heavy (non-hydrogen) atoms. The van der Waals surface area contributed by atoms with Crippen molar-refractivity contribution in [1.82, 2.24) is 9.78 Å². The summed E-state index contributed by atoms with van der Waals surface area (Å²) in [7, 11) is -4.23. The van der Waals surface area contributed by atoms with Crippen molar-refractivity contribution in [2.24, 2.45) is 0 Å². The van der Waals surface area contributed by atoms with E-state index in [0.29, 0.717) is 14.5 Å². The fraction of sp³-hybridized carbons (Fsp3) is 0.0625. The molecule has 1 aromatic heterocycles. The predicted octanol–water partition coefficient (Wildman–Crippen LogP) is 4.71. The van der Waals surface area contributed by atoms with E-state index in [4.69, 9.17) is 23.2 Å². The first-order valence-electron chi connectivity index (χ1n) is 7.60. The van der Waals surface area contributed by atoms with E-state index in [1.165, 1.54) is 16.8 Å². The Bertz CT molecular complexity index is 1170. The average Bonchev–Trinajstić information content (AvgIpc) is 2.96. The van der Waals surface area contributed by atoms with Crippen molar-refractivity contribution in [3.8, 4) is 0 Å². The molecule has 0 radical (unpaired) electrons. The standard InChI is InChI=1S/C16H11BrCl2N4O4S/c17-12-9-22(8-10-5-6-11(18)7-13(10)19)20-16(12)21-28(26,27)15-4-2-1-3-14(15)23(24)25/h1-7,9H,8H2,(H,20,21). The van der Waals surface area contributed by atoms with Crippen molar-refractivity contribution in [3.05, 3.63) is 78.9 Å². The van der Waals surface area contributed by atoms with Gasteiger partial charge in [0.05, 0.1) is 15.9 Å². The van der Waals surface area contributed by atoms with Crippen molar-refractivity contribution in [2.75, 3.05) is 4.72 Å². The Kier molecular flexibility index (Phi) is 5.94. The predicted molar refractivity (Wildman–Crippen MR) is 109 cm³/mol. The van der Waals surface area contributed by atoms with Crippen LogP contribution in [0.25, 0.3) is 0 Å². The van der Waals surface area contributed by atoms with Crippen LogP contribution in [0, 0.1) is 10.1 Å². The van der Waals surface area contributed by atoms with Crippen LogP contribution < -0.4 is 4.72 Å². The zero-order chi connectivity index (χ0) is 20.5. The van der Waals surface area contributed by atoms with Crippen molar-refractivity contribution < 1.29 is 13.3 Å². The number of hydrogen-bond acceptors (Lipinski definition) is 5. The van der Waals surface area contributed by atoms with E-state index in [1.54, 1.807) is 24.4 Å². The summed E-state index contributed by atoms with van der Waals surface area (Å²) in [6.45, 7) is 0.266. The van der Waals surface area contributed by atoms with Crippen LogP contribution in [0.4, 0.5) is 11.5 Å². The Balaban J connectivity index is 1.89. The van der Waals surface area contributed by atoms with Gasteiger partial charge in [0.1, 0.15) is 0 Å². The number of aromatic nitrogens is 2. The van der Waals surface area contributed by atoms with Crippen molar-refractivity contribution in [2.45, 2.75) is 11.4 Å². The Hall–Kier alpha value is -2.14. The van der Waals surface area contributed by atoms with Gasteiger partial charge in [-0.25, -0.2) is 8.42 Å². The fourth-order valence-corrected chi connectivity index (χ4v) is 4.59. The molecule has 0 atom stereocenters. The molecule has 0 amide bonds. The lowest BCUT2D eigenvalue weighted by Gasteiger charge is -2.07. The number of halogens is 3. The zero-order valence-corrected chi connectivity index (χ0v) is 17.8. The van der Waals surface area contributed by atoms with E-state index in [0.717, 1.165) is 17.7 Å². The number of nitro groups is 1. The average molecular weight is 506 g/mol. The summed E-state index contributed by atoms with van der Waals surface area (Å²) in [5.74, 6) is -0.0109. The van der Waals surface area contributed by atoms with Gasteiger partial charge in [-0.1, -0.05) is 41.4 Å². The molecular weight excluding hydrogens is 495 g/mol. The Morgan fingerprint density at radius 2 is 1.93 bits per heavy atom. The van der Waals surface area contributed by atoms with Crippen molar-refractivity contribution in [1.29, 1.82) is 0 Å². The lowest BCUT2D eigenvalue weighted by molar-refractivity contribution is -0.387. The first-order valence-corrected chi connectivity index (χ1v) is 10.6. The van der Waals surface area contributed by atoms with Gasteiger partial charge < -0.3 is 0 Å². The molecule has 0 bridgehead atoms. The van der Waals surface area contributed by atoms with Gasteiger partial charge in [-0.2, -0.15) is 5.10 Å². The maximum absolute atomic E-state index is 12.6. The molecule has 0 unspecified atom stereocenters. The van der Waals surface area contributed by atoms with Gasteiger partial charge >= 0.3 is 0 Å². The van der Waals surface area contributed by atoms with Gasteiger partial charge in [-0.15, -0.1) is 0 Å². The Morgan fingerprint density at radius 3 is 2.61 bits per heavy atom. The largest absolute Gasteiger partial charge is 0.289 e. The van der Waals surface area contributed by atoms with Crippen molar-refractivity contribution >= 4 is 60.7 Å². The van der Waals surface area contributed by atoms with Crippen LogP contribution in [0.5, 0.6) is 0 Å². The summed E-state index contributed by atoms with van der Waals surface area (Å²) in [5, 5.41) is 16.2. The second-order valence-corrected chi connectivity index (χ2v) is 8.94. The highest BCUT2D eigenvalue weighted by molar-refractivity contribution is 9.10. The third kappa shape index (κ3) is 4.46. The summed E-state index contributed by atoms with van der Waals surface area (Å²) in [6, 6.07) is 10.1. The number of benzene rings is 2. The molecule has 0 fully saturated rings. The molecule has 3 aromatic rings. The molecule has 0 aliphatic rings. The molecule has 1 heterocycles. The molecular formula is C16H11BrCl2N4O4S. The molecule has 3 rings (SSSR count). The molecule has 2 aromatic carbocycles. The zero-order valence-electron chi connectivity index (χ0n) is 13.8. The van der Waals surface area contributed by atoms with Gasteiger partial charge in [0.2, 0.25) is 0 Å². The van der Waals surface area contributed by atoms with Crippen molar-refractivity contribution in [3.63, 3.8) is 0 Å². The van der Waals surface area contributed by atoms with Gasteiger partial charge in [-0.3, -0.25) is 19.5 Å². The summed E-state index contributed by atoms with van der Waals surface area (Å²) in [6.07, 6.45) is 1.56. The van der Waals surface area contributed by atoms with E-state index >= 15 is 0 Å². The maximum atomic E-state index is 12.6. The number of anilines is 1. The minimum absolute atomic E-state index is 0.0109. The minimum atomic E-state index is -4.23. The number of para-hydroxylation sites is 1. The molecule has 146 valence electrons. The quantitative estimate of drug-likeness (QED) is 0.385. The molecule has 12 heteroatoms. The van der Waals surface area contributed by atoms with E-state index in [2.05, 4.69) is 25.8 Å². The second kappa shape index (κ2) is 8.08. The normalized spacial score (nSPS) is 11.4. The first-order chi connectivity index (χ1) is 13.2. The smallest absolute Gasteiger partial charge is 0.265 e. The van der Waals surface area contributed by atoms with Crippen LogP contribution in [0.1, 0.15) is 5.56 Å². The van der Waals surface area contributed by atoms with Crippen LogP contribution in [-0.4, -0.2) is 23.1 Å². The van der Waals surface area contributed by atoms with Gasteiger partial charge in [0.25, 0.3) is 15.7 Å². The Morgan fingerprint density at radius 1 is 1.21 bits per heavy atom. The second-order valence-electron chi connectivity index (χ2n) is 5.59. The van der Waals surface area contributed by atoms with Crippen LogP contribution in [-0.2, 0) is 16.6 Å². The summed E-state index contributed by atoms with van der Waals surface area (Å²) in [5.41, 5.74) is 0.202. The van der Waals surface area contributed by atoms with Gasteiger partial charge in [0, 0.05) is 22.3 Å². The first kappa shape index (κ1) is 20.6. The molecule has 0 spiro atoms. The number of hydrogen-bond donors (Lipinski definition) is 1.